The first-order valence-electron chi connectivity index (χ1n) is 5.37. The van der Waals surface area contributed by atoms with Crippen LogP contribution in [-0.2, 0) is 0 Å². The SMILES string of the molecule is CSC1(CNc2ncnc(NN)c2[N+](=O)[O-])CC1. The normalized spacial score (nSPS) is 16.1. The van der Waals surface area contributed by atoms with Gasteiger partial charge in [0.25, 0.3) is 0 Å². The molecule has 18 heavy (non-hydrogen) atoms. The molecule has 4 N–H and O–H groups in total. The van der Waals surface area contributed by atoms with E-state index in [0.29, 0.717) is 6.54 Å². The van der Waals surface area contributed by atoms with Crippen LogP contribution < -0.4 is 16.6 Å². The number of hydrazine groups is 1. The van der Waals surface area contributed by atoms with Gasteiger partial charge in [0.2, 0.25) is 11.6 Å². The second kappa shape index (κ2) is 4.94. The lowest BCUT2D eigenvalue weighted by atomic mass is 10.3. The molecule has 1 aliphatic carbocycles. The molecule has 1 saturated carbocycles. The molecule has 0 bridgehead atoms. The average Bonchev–Trinajstić information content (AvgIpc) is 3.16. The monoisotopic (exact) mass is 270 g/mol. The summed E-state index contributed by atoms with van der Waals surface area (Å²) in [6.07, 6.45) is 5.50. The lowest BCUT2D eigenvalue weighted by Gasteiger charge is -2.13. The number of nitrogens with two attached hydrogens (primary N) is 1. The highest BCUT2D eigenvalue weighted by Gasteiger charge is 2.42. The van der Waals surface area contributed by atoms with Crippen LogP contribution in [0.3, 0.4) is 0 Å². The van der Waals surface area contributed by atoms with Gasteiger partial charge in [-0.25, -0.2) is 15.8 Å². The fourth-order valence-corrected chi connectivity index (χ4v) is 2.35. The Morgan fingerprint density at radius 1 is 1.56 bits per heavy atom. The van der Waals surface area contributed by atoms with Crippen LogP contribution >= 0.6 is 11.8 Å². The number of nitrogens with one attached hydrogen (secondary N) is 2. The maximum atomic E-state index is 11.0. The summed E-state index contributed by atoms with van der Waals surface area (Å²) in [5.41, 5.74) is 1.98. The van der Waals surface area contributed by atoms with E-state index in [4.69, 9.17) is 5.84 Å². The van der Waals surface area contributed by atoms with E-state index in [2.05, 4.69) is 20.7 Å². The van der Waals surface area contributed by atoms with E-state index in [0.717, 1.165) is 12.8 Å². The summed E-state index contributed by atoms with van der Waals surface area (Å²) in [5.74, 6) is 5.40. The molecule has 0 aromatic carbocycles. The Hall–Kier alpha value is -1.61. The van der Waals surface area contributed by atoms with Crippen molar-refractivity contribution < 1.29 is 4.92 Å². The van der Waals surface area contributed by atoms with Crippen LogP contribution in [0.5, 0.6) is 0 Å². The van der Waals surface area contributed by atoms with E-state index in [1.165, 1.54) is 6.33 Å². The fraction of sp³-hybridized carbons (Fsp3) is 0.556. The zero-order chi connectivity index (χ0) is 13.2. The summed E-state index contributed by atoms with van der Waals surface area (Å²) in [6.45, 7) is 0.649. The first-order valence-corrected chi connectivity index (χ1v) is 6.59. The number of rotatable bonds is 6. The van der Waals surface area contributed by atoms with Gasteiger partial charge in [-0.05, 0) is 19.1 Å². The van der Waals surface area contributed by atoms with Crippen molar-refractivity contribution in [3.05, 3.63) is 16.4 Å². The highest BCUT2D eigenvalue weighted by molar-refractivity contribution is 8.00. The number of nitrogen functional groups attached to an aromatic ring is 1. The zero-order valence-corrected chi connectivity index (χ0v) is 10.7. The molecule has 0 unspecified atom stereocenters. The predicted octanol–water partition coefficient (Wildman–Crippen LogP) is 0.978. The maximum absolute atomic E-state index is 11.0. The molecule has 0 saturated heterocycles. The topological polar surface area (TPSA) is 119 Å². The maximum Gasteiger partial charge on any atom is 0.354 e. The van der Waals surface area contributed by atoms with Gasteiger partial charge in [-0.1, -0.05) is 0 Å². The molecule has 0 aliphatic heterocycles. The van der Waals surface area contributed by atoms with Gasteiger partial charge in [-0.3, -0.25) is 10.1 Å². The Bertz CT molecular complexity index is 464. The van der Waals surface area contributed by atoms with Crippen molar-refractivity contribution in [3.8, 4) is 0 Å². The summed E-state index contributed by atoms with van der Waals surface area (Å²) in [4.78, 5) is 18.1. The highest BCUT2D eigenvalue weighted by Crippen LogP contribution is 2.47. The van der Waals surface area contributed by atoms with Crippen molar-refractivity contribution in [1.82, 2.24) is 9.97 Å². The summed E-state index contributed by atoms with van der Waals surface area (Å²) in [7, 11) is 0. The molecule has 0 atom stereocenters. The van der Waals surface area contributed by atoms with Gasteiger partial charge in [0.05, 0.1) is 4.92 Å². The standard InChI is InChI=1S/C9H14N6O2S/c1-18-9(2-3-9)4-11-7-6(15(16)17)8(14-10)13-5-12-7/h5H,2-4,10H2,1H3,(H2,11,12,13,14). The summed E-state index contributed by atoms with van der Waals surface area (Å²) >= 11 is 1.77. The molecule has 0 spiro atoms. The minimum Gasteiger partial charge on any atom is -0.363 e. The third kappa shape index (κ3) is 2.46. The van der Waals surface area contributed by atoms with Gasteiger partial charge in [0, 0.05) is 11.3 Å². The van der Waals surface area contributed by atoms with Gasteiger partial charge >= 0.3 is 5.69 Å². The highest BCUT2D eigenvalue weighted by atomic mass is 32.2. The quantitative estimate of drug-likeness (QED) is 0.397. The van der Waals surface area contributed by atoms with E-state index in [-0.39, 0.29) is 22.1 Å². The number of anilines is 2. The number of nitrogens with zero attached hydrogens (tertiary/aromatic N) is 3. The van der Waals surface area contributed by atoms with E-state index >= 15 is 0 Å². The third-order valence-corrected chi connectivity index (χ3v) is 4.38. The van der Waals surface area contributed by atoms with Crippen LogP contribution in [-0.4, -0.2) is 32.4 Å². The van der Waals surface area contributed by atoms with Crippen molar-refractivity contribution in [2.75, 3.05) is 23.5 Å². The third-order valence-electron chi connectivity index (χ3n) is 2.96. The molecule has 8 nitrogen and oxygen atoms in total. The molecule has 0 amide bonds. The van der Waals surface area contributed by atoms with E-state index in [1.807, 2.05) is 6.26 Å². The van der Waals surface area contributed by atoms with Gasteiger partial charge in [-0.15, -0.1) is 0 Å². The number of thioether (sulfide) groups is 1. The molecule has 1 aliphatic rings. The Morgan fingerprint density at radius 2 is 2.22 bits per heavy atom. The molecule has 2 rings (SSSR count). The smallest absolute Gasteiger partial charge is 0.354 e. The van der Waals surface area contributed by atoms with Crippen LogP contribution in [0.4, 0.5) is 17.3 Å². The largest absolute Gasteiger partial charge is 0.363 e. The first-order chi connectivity index (χ1) is 8.62. The molecule has 1 aromatic rings. The number of hydrogen-bond acceptors (Lipinski definition) is 8. The molecular weight excluding hydrogens is 256 g/mol. The second-order valence-electron chi connectivity index (χ2n) is 4.06. The lowest BCUT2D eigenvalue weighted by molar-refractivity contribution is -0.383. The van der Waals surface area contributed by atoms with Crippen molar-refractivity contribution in [1.29, 1.82) is 0 Å². The number of hydrogen-bond donors (Lipinski definition) is 3. The zero-order valence-electron chi connectivity index (χ0n) is 9.84. The van der Waals surface area contributed by atoms with E-state index in [9.17, 15) is 10.1 Å². The Morgan fingerprint density at radius 3 is 2.72 bits per heavy atom. The molecule has 1 fully saturated rings. The summed E-state index contributed by atoms with van der Waals surface area (Å²) in [6, 6.07) is 0. The molecule has 0 radical (unpaired) electrons. The average molecular weight is 270 g/mol. The van der Waals surface area contributed by atoms with E-state index in [1.54, 1.807) is 11.8 Å². The number of aromatic nitrogens is 2. The molecule has 1 heterocycles. The van der Waals surface area contributed by atoms with Crippen LogP contribution in [0, 0.1) is 10.1 Å². The molecule has 9 heteroatoms. The summed E-state index contributed by atoms with van der Waals surface area (Å²) < 4.78 is 0.190. The Kier molecular flexibility index (Phi) is 3.53. The molecular formula is C9H14N6O2S. The minimum atomic E-state index is -0.545. The van der Waals surface area contributed by atoms with Gasteiger partial charge < -0.3 is 10.7 Å². The van der Waals surface area contributed by atoms with Crippen molar-refractivity contribution in [3.63, 3.8) is 0 Å². The van der Waals surface area contributed by atoms with Gasteiger partial charge in [0.1, 0.15) is 6.33 Å². The second-order valence-corrected chi connectivity index (χ2v) is 5.34. The minimum absolute atomic E-state index is 0.00602. The van der Waals surface area contributed by atoms with Crippen LogP contribution in [0.2, 0.25) is 0 Å². The Balaban J connectivity index is 2.19. The van der Waals surface area contributed by atoms with Crippen molar-refractivity contribution in [2.45, 2.75) is 17.6 Å². The fourth-order valence-electron chi connectivity index (χ4n) is 1.62. The molecule has 1 aromatic heterocycles. The predicted molar refractivity (Wildman–Crippen MR) is 70.5 cm³/mol. The van der Waals surface area contributed by atoms with Crippen LogP contribution in [0.1, 0.15) is 12.8 Å². The molecule has 98 valence electrons. The summed E-state index contributed by atoms with van der Waals surface area (Å²) in [5, 5.41) is 14.0. The van der Waals surface area contributed by atoms with Crippen molar-refractivity contribution in [2.24, 2.45) is 5.84 Å². The lowest BCUT2D eigenvalue weighted by Crippen LogP contribution is -2.20. The van der Waals surface area contributed by atoms with Crippen LogP contribution in [0.25, 0.3) is 0 Å². The number of nitro groups is 1. The van der Waals surface area contributed by atoms with Gasteiger partial charge in [-0.2, -0.15) is 11.8 Å². The Labute approximate surface area is 108 Å². The first kappa shape index (κ1) is 12.8. The van der Waals surface area contributed by atoms with Crippen molar-refractivity contribution >= 4 is 29.1 Å². The van der Waals surface area contributed by atoms with Gasteiger partial charge in [0.15, 0.2) is 0 Å². The van der Waals surface area contributed by atoms with Crippen LogP contribution in [0.15, 0.2) is 6.33 Å². The van der Waals surface area contributed by atoms with E-state index < -0.39 is 4.92 Å².